The number of methoxy groups -OCH3 is 1. The Morgan fingerprint density at radius 2 is 1.88 bits per heavy atom. The Morgan fingerprint density at radius 1 is 1.12 bits per heavy atom. The third kappa shape index (κ3) is 2.30. The van der Waals surface area contributed by atoms with E-state index < -0.39 is 5.79 Å². The fourth-order valence-corrected chi connectivity index (χ4v) is 3.33. The summed E-state index contributed by atoms with van der Waals surface area (Å²) in [5.74, 6) is 0.551. The van der Waals surface area contributed by atoms with Crippen molar-refractivity contribution in [3.8, 4) is 28.7 Å². The van der Waals surface area contributed by atoms with Crippen molar-refractivity contribution in [2.24, 2.45) is 0 Å². The third-order valence-electron chi connectivity index (χ3n) is 4.42. The van der Waals surface area contributed by atoms with Crippen LogP contribution < -0.4 is 18.9 Å². The fourth-order valence-electron chi connectivity index (χ4n) is 3.33. The molecule has 0 spiro atoms. The van der Waals surface area contributed by atoms with Gasteiger partial charge in [0, 0.05) is 36.5 Å². The molecule has 6 nitrogen and oxygen atoms in total. The quantitative estimate of drug-likeness (QED) is 0.882. The molecule has 0 unspecified atom stereocenters. The molecule has 0 bridgehead atoms. The van der Waals surface area contributed by atoms with Crippen molar-refractivity contribution in [2.45, 2.75) is 25.0 Å². The van der Waals surface area contributed by atoms with Crippen LogP contribution in [-0.4, -0.2) is 29.9 Å². The normalized spacial score (nSPS) is 24.2. The van der Waals surface area contributed by atoms with Crippen molar-refractivity contribution in [3.05, 3.63) is 41.5 Å². The molecule has 2 N–H and O–H groups in total. The van der Waals surface area contributed by atoms with Gasteiger partial charge in [0.05, 0.1) is 7.11 Å². The van der Waals surface area contributed by atoms with Gasteiger partial charge in [-0.25, -0.2) is 0 Å². The van der Waals surface area contributed by atoms with E-state index in [4.69, 9.17) is 18.9 Å². The summed E-state index contributed by atoms with van der Waals surface area (Å²) < 4.78 is 21.7. The number of ether oxygens (including phenoxy) is 4. The molecule has 24 heavy (non-hydrogen) atoms. The standard InChI is InChI=1S/C18H18O6/c1-18(20)8-12(10-4-3-5-13(21-2)17(10)19)11-6-15-16(23-9-22-15)7-14(11)24-18/h3-7,12,19-20H,8-9H2,1-2H3/t12-,18-/m1/s1. The lowest BCUT2D eigenvalue weighted by Gasteiger charge is -2.36. The lowest BCUT2D eigenvalue weighted by Crippen LogP contribution is -2.38. The predicted octanol–water partition coefficient (Wildman–Crippen LogP) is 2.75. The molecular weight excluding hydrogens is 312 g/mol. The van der Waals surface area contributed by atoms with E-state index in [0.29, 0.717) is 35.0 Å². The van der Waals surface area contributed by atoms with E-state index in [1.165, 1.54) is 7.11 Å². The van der Waals surface area contributed by atoms with E-state index in [-0.39, 0.29) is 18.5 Å². The van der Waals surface area contributed by atoms with Gasteiger partial charge in [-0.2, -0.15) is 0 Å². The van der Waals surface area contributed by atoms with E-state index in [9.17, 15) is 10.2 Å². The van der Waals surface area contributed by atoms with E-state index in [2.05, 4.69) is 0 Å². The maximum absolute atomic E-state index is 10.5. The average molecular weight is 330 g/mol. The largest absolute Gasteiger partial charge is 0.504 e. The summed E-state index contributed by atoms with van der Waals surface area (Å²) in [6, 6.07) is 8.88. The highest BCUT2D eigenvalue weighted by Gasteiger charge is 2.39. The van der Waals surface area contributed by atoms with E-state index in [1.807, 2.05) is 18.2 Å². The van der Waals surface area contributed by atoms with Crippen molar-refractivity contribution >= 4 is 0 Å². The third-order valence-corrected chi connectivity index (χ3v) is 4.42. The number of fused-ring (bicyclic) bond motifs is 2. The summed E-state index contributed by atoms with van der Waals surface area (Å²) in [4.78, 5) is 0. The Balaban J connectivity index is 1.88. The Kier molecular flexibility index (Phi) is 3.25. The highest BCUT2D eigenvalue weighted by molar-refractivity contribution is 5.58. The van der Waals surface area contributed by atoms with Crippen LogP contribution >= 0.6 is 0 Å². The zero-order valence-electron chi connectivity index (χ0n) is 13.4. The molecule has 0 fully saturated rings. The highest BCUT2D eigenvalue weighted by Crippen LogP contribution is 2.51. The van der Waals surface area contributed by atoms with Crippen LogP contribution in [0.4, 0.5) is 0 Å². The smallest absolute Gasteiger partial charge is 0.231 e. The first-order valence-electron chi connectivity index (χ1n) is 7.69. The van der Waals surface area contributed by atoms with Gasteiger partial charge in [0.2, 0.25) is 12.6 Å². The van der Waals surface area contributed by atoms with E-state index in [1.54, 1.807) is 19.1 Å². The molecule has 0 aromatic heterocycles. The van der Waals surface area contributed by atoms with Gasteiger partial charge in [0.1, 0.15) is 5.75 Å². The fraction of sp³-hybridized carbons (Fsp3) is 0.333. The molecule has 2 aliphatic heterocycles. The van der Waals surface area contributed by atoms with Gasteiger partial charge >= 0.3 is 0 Å². The molecule has 6 heteroatoms. The van der Waals surface area contributed by atoms with Gasteiger partial charge in [-0.3, -0.25) is 0 Å². The Hall–Kier alpha value is -2.60. The van der Waals surface area contributed by atoms with Crippen molar-refractivity contribution in [1.82, 2.24) is 0 Å². The van der Waals surface area contributed by atoms with Gasteiger partial charge in [-0.1, -0.05) is 12.1 Å². The minimum Gasteiger partial charge on any atom is -0.504 e. The minimum absolute atomic E-state index is 0.0614. The molecule has 0 saturated heterocycles. The monoisotopic (exact) mass is 330 g/mol. The highest BCUT2D eigenvalue weighted by atomic mass is 16.7. The van der Waals surface area contributed by atoms with Crippen LogP contribution in [0, 0.1) is 0 Å². The summed E-state index contributed by atoms with van der Waals surface area (Å²) in [7, 11) is 1.50. The van der Waals surface area contributed by atoms with Crippen LogP contribution in [0.5, 0.6) is 28.7 Å². The first-order chi connectivity index (χ1) is 11.5. The minimum atomic E-state index is -1.36. The zero-order chi connectivity index (χ0) is 16.9. The Labute approximate surface area is 139 Å². The maximum atomic E-state index is 10.5. The van der Waals surface area contributed by atoms with Crippen molar-refractivity contribution < 1.29 is 29.2 Å². The second kappa shape index (κ2) is 5.21. The van der Waals surface area contributed by atoms with Gasteiger partial charge in [-0.05, 0) is 12.1 Å². The van der Waals surface area contributed by atoms with Crippen LogP contribution in [-0.2, 0) is 0 Å². The van der Waals surface area contributed by atoms with E-state index in [0.717, 1.165) is 5.56 Å². The van der Waals surface area contributed by atoms with Gasteiger partial charge in [0.15, 0.2) is 23.0 Å². The number of hydrogen-bond donors (Lipinski definition) is 2. The second-order valence-electron chi connectivity index (χ2n) is 6.18. The number of benzene rings is 2. The molecule has 2 aliphatic rings. The van der Waals surface area contributed by atoms with Crippen molar-refractivity contribution in [2.75, 3.05) is 13.9 Å². The molecule has 126 valence electrons. The number of aromatic hydroxyl groups is 1. The zero-order valence-corrected chi connectivity index (χ0v) is 13.4. The van der Waals surface area contributed by atoms with Gasteiger partial charge in [0.25, 0.3) is 0 Å². The van der Waals surface area contributed by atoms with Crippen LogP contribution in [0.3, 0.4) is 0 Å². The second-order valence-corrected chi connectivity index (χ2v) is 6.18. The predicted molar refractivity (Wildman–Crippen MR) is 84.9 cm³/mol. The topological polar surface area (TPSA) is 77.4 Å². The summed E-state index contributed by atoms with van der Waals surface area (Å²) >= 11 is 0. The molecule has 4 rings (SSSR count). The number of rotatable bonds is 2. The van der Waals surface area contributed by atoms with Crippen LogP contribution in [0.15, 0.2) is 30.3 Å². The number of phenolic OH excluding ortho intramolecular Hbond substituents is 1. The SMILES string of the molecule is COc1cccc([C@H]2C[C@](C)(O)Oc3cc4c(cc32)OCO4)c1O. The number of phenols is 1. The lowest BCUT2D eigenvalue weighted by molar-refractivity contribution is -0.137. The molecule has 0 aliphatic carbocycles. The van der Waals surface area contributed by atoms with Crippen LogP contribution in [0.1, 0.15) is 30.4 Å². The number of aliphatic hydroxyl groups is 1. The van der Waals surface area contributed by atoms with Gasteiger partial charge < -0.3 is 29.2 Å². The number of hydrogen-bond acceptors (Lipinski definition) is 6. The Bertz CT molecular complexity index is 798. The van der Waals surface area contributed by atoms with E-state index >= 15 is 0 Å². The maximum Gasteiger partial charge on any atom is 0.231 e. The first kappa shape index (κ1) is 15.0. The molecule has 2 aromatic carbocycles. The van der Waals surface area contributed by atoms with Crippen LogP contribution in [0.2, 0.25) is 0 Å². The van der Waals surface area contributed by atoms with Crippen molar-refractivity contribution in [1.29, 1.82) is 0 Å². The Morgan fingerprint density at radius 3 is 2.62 bits per heavy atom. The number of para-hydroxylation sites is 1. The van der Waals surface area contributed by atoms with Crippen LogP contribution in [0.25, 0.3) is 0 Å². The summed E-state index contributed by atoms with van der Waals surface area (Å²) in [6.07, 6.45) is 0.292. The molecule has 2 heterocycles. The lowest BCUT2D eigenvalue weighted by atomic mass is 9.82. The molecule has 0 saturated carbocycles. The summed E-state index contributed by atoms with van der Waals surface area (Å²) in [6.45, 7) is 1.76. The summed E-state index contributed by atoms with van der Waals surface area (Å²) in [5.41, 5.74) is 1.49. The van der Waals surface area contributed by atoms with Gasteiger partial charge in [-0.15, -0.1) is 0 Å². The molecule has 2 atom stereocenters. The molecule has 2 aromatic rings. The molecular formula is C18H18O6. The summed E-state index contributed by atoms with van der Waals surface area (Å²) in [5, 5.41) is 21.0. The molecule has 0 amide bonds. The first-order valence-corrected chi connectivity index (χ1v) is 7.69. The average Bonchev–Trinajstić information content (AvgIpc) is 2.99. The van der Waals surface area contributed by atoms with Crippen molar-refractivity contribution in [3.63, 3.8) is 0 Å². The molecule has 0 radical (unpaired) electrons.